The van der Waals surface area contributed by atoms with E-state index in [1.54, 1.807) is 22.7 Å². The van der Waals surface area contributed by atoms with Crippen LogP contribution < -0.4 is 9.80 Å². The SMILES string of the molecule is Cc1cccc(CCC(=O)N2CCN(c3nccs3)CC2C)c1.Cc1cccc(CCC(=O)N2CCN(c3nccs3)CC2C)c1. The second kappa shape index (κ2) is 16.2. The van der Waals surface area contributed by atoms with Gasteiger partial charge in [0.05, 0.1) is 0 Å². The Morgan fingerprint density at radius 1 is 0.696 bits per heavy atom. The van der Waals surface area contributed by atoms with Crippen LogP contribution in [0.25, 0.3) is 0 Å². The van der Waals surface area contributed by atoms with Gasteiger partial charge in [0, 0.05) is 87.3 Å². The van der Waals surface area contributed by atoms with Crippen molar-refractivity contribution in [3.8, 4) is 0 Å². The van der Waals surface area contributed by atoms with Gasteiger partial charge in [-0.25, -0.2) is 9.97 Å². The third-order valence-electron chi connectivity index (χ3n) is 8.70. The molecule has 2 aromatic heterocycles. The van der Waals surface area contributed by atoms with Crippen molar-refractivity contribution in [1.29, 1.82) is 0 Å². The van der Waals surface area contributed by atoms with E-state index in [0.29, 0.717) is 12.8 Å². The standard InChI is InChI=1S/2C18H23N3OS/c2*1-14-4-3-5-16(12-14)6-7-17(22)21-10-9-20(13-15(21)2)18-19-8-11-23-18/h2*3-5,8,11-12,15H,6-7,9-10,13H2,1-2H3. The zero-order valence-corrected chi connectivity index (χ0v) is 29.1. The Labute approximate surface area is 281 Å². The number of aromatic nitrogens is 2. The number of thiazole rings is 2. The third kappa shape index (κ3) is 9.16. The Hall–Kier alpha value is -3.76. The summed E-state index contributed by atoms with van der Waals surface area (Å²) in [5.41, 5.74) is 4.99. The lowest BCUT2D eigenvalue weighted by atomic mass is 10.1. The Balaban J connectivity index is 0.000000181. The van der Waals surface area contributed by atoms with E-state index in [0.717, 1.165) is 62.4 Å². The van der Waals surface area contributed by atoms with E-state index in [-0.39, 0.29) is 23.9 Å². The van der Waals surface area contributed by atoms with Crippen molar-refractivity contribution in [1.82, 2.24) is 19.8 Å². The highest BCUT2D eigenvalue weighted by Gasteiger charge is 2.29. The summed E-state index contributed by atoms with van der Waals surface area (Å²) in [6.45, 7) is 13.5. The molecule has 46 heavy (non-hydrogen) atoms. The van der Waals surface area contributed by atoms with Crippen molar-refractivity contribution in [2.75, 3.05) is 49.1 Å². The topological polar surface area (TPSA) is 72.9 Å². The summed E-state index contributed by atoms with van der Waals surface area (Å²) in [6.07, 6.45) is 6.49. The van der Waals surface area contributed by atoms with E-state index >= 15 is 0 Å². The van der Waals surface area contributed by atoms with E-state index in [1.165, 1.54) is 22.3 Å². The molecule has 2 unspecified atom stereocenters. The van der Waals surface area contributed by atoms with Gasteiger partial charge < -0.3 is 19.6 Å². The lowest BCUT2D eigenvalue weighted by molar-refractivity contribution is -0.134. The molecule has 2 amide bonds. The average molecular weight is 659 g/mol. The molecule has 4 aromatic rings. The molecule has 2 aliphatic heterocycles. The molecular formula is C36H46N6O2S2. The minimum absolute atomic E-state index is 0.234. The summed E-state index contributed by atoms with van der Waals surface area (Å²) in [7, 11) is 0. The first-order chi connectivity index (χ1) is 22.3. The van der Waals surface area contributed by atoms with Crippen LogP contribution in [0.4, 0.5) is 10.3 Å². The molecule has 2 atom stereocenters. The number of benzene rings is 2. The molecule has 0 N–H and O–H groups in total. The molecule has 2 aromatic carbocycles. The number of nitrogens with zero attached hydrogens (tertiary/aromatic N) is 6. The molecule has 0 bridgehead atoms. The van der Waals surface area contributed by atoms with E-state index in [1.807, 2.05) is 33.0 Å². The fraction of sp³-hybridized carbons (Fsp3) is 0.444. The van der Waals surface area contributed by atoms with Crippen molar-refractivity contribution in [3.63, 3.8) is 0 Å². The van der Waals surface area contributed by atoms with Crippen molar-refractivity contribution >= 4 is 44.8 Å². The molecule has 0 saturated carbocycles. The van der Waals surface area contributed by atoms with Gasteiger partial charge >= 0.3 is 0 Å². The zero-order valence-electron chi connectivity index (χ0n) is 27.5. The molecule has 0 spiro atoms. The largest absolute Gasteiger partial charge is 0.344 e. The van der Waals surface area contributed by atoms with Gasteiger partial charge in [-0.1, -0.05) is 59.7 Å². The monoisotopic (exact) mass is 658 g/mol. The number of hydrogen-bond acceptors (Lipinski definition) is 8. The number of hydrogen-bond donors (Lipinski definition) is 0. The summed E-state index contributed by atoms with van der Waals surface area (Å²) in [5.74, 6) is 0.524. The van der Waals surface area contributed by atoms with Crippen molar-refractivity contribution in [2.24, 2.45) is 0 Å². The number of aryl methyl sites for hydroxylation is 4. The maximum absolute atomic E-state index is 12.6. The van der Waals surface area contributed by atoms with Gasteiger partial charge in [0.15, 0.2) is 10.3 Å². The number of anilines is 2. The first-order valence-electron chi connectivity index (χ1n) is 16.3. The minimum Gasteiger partial charge on any atom is -0.344 e. The summed E-state index contributed by atoms with van der Waals surface area (Å²) < 4.78 is 0. The fourth-order valence-electron chi connectivity index (χ4n) is 6.27. The van der Waals surface area contributed by atoms with Crippen LogP contribution in [0, 0.1) is 13.8 Å². The van der Waals surface area contributed by atoms with Crippen LogP contribution in [0.15, 0.2) is 71.7 Å². The predicted octanol–water partition coefficient (Wildman–Crippen LogP) is 6.24. The molecular weight excluding hydrogens is 613 g/mol. The molecule has 0 radical (unpaired) electrons. The second-order valence-corrected chi connectivity index (χ2v) is 14.1. The van der Waals surface area contributed by atoms with Gasteiger partial charge in [-0.2, -0.15) is 0 Å². The lowest BCUT2D eigenvalue weighted by Crippen LogP contribution is -2.54. The van der Waals surface area contributed by atoms with Crippen LogP contribution in [0.2, 0.25) is 0 Å². The number of piperazine rings is 2. The van der Waals surface area contributed by atoms with Crippen LogP contribution in [-0.4, -0.2) is 82.9 Å². The van der Waals surface area contributed by atoms with Crippen LogP contribution in [-0.2, 0) is 22.4 Å². The molecule has 4 heterocycles. The van der Waals surface area contributed by atoms with Crippen LogP contribution in [0.3, 0.4) is 0 Å². The van der Waals surface area contributed by atoms with Gasteiger partial charge in [0.1, 0.15) is 0 Å². The highest BCUT2D eigenvalue weighted by molar-refractivity contribution is 7.13. The second-order valence-electron chi connectivity index (χ2n) is 12.4. The Morgan fingerprint density at radius 3 is 1.48 bits per heavy atom. The summed E-state index contributed by atoms with van der Waals surface area (Å²) in [4.78, 5) is 42.5. The fourth-order valence-corrected chi connectivity index (χ4v) is 7.63. The van der Waals surface area contributed by atoms with Crippen LogP contribution in [0.1, 0.15) is 48.9 Å². The summed E-state index contributed by atoms with van der Waals surface area (Å²) in [6, 6.07) is 17.3. The number of carbonyl (C=O) groups excluding carboxylic acids is 2. The first kappa shape index (κ1) is 33.6. The predicted molar refractivity (Wildman–Crippen MR) is 190 cm³/mol. The van der Waals surface area contributed by atoms with Gasteiger partial charge in [-0.15, -0.1) is 22.7 Å². The Bertz CT molecular complexity index is 1430. The van der Waals surface area contributed by atoms with Gasteiger partial charge in [-0.05, 0) is 51.7 Å². The van der Waals surface area contributed by atoms with E-state index in [4.69, 9.17) is 0 Å². The Morgan fingerprint density at radius 2 is 1.13 bits per heavy atom. The van der Waals surface area contributed by atoms with Crippen LogP contribution in [0.5, 0.6) is 0 Å². The normalized spacial score (nSPS) is 18.3. The number of amides is 2. The molecule has 0 aliphatic carbocycles. The highest BCUT2D eigenvalue weighted by Crippen LogP contribution is 2.23. The Kier molecular flexibility index (Phi) is 11.8. The lowest BCUT2D eigenvalue weighted by Gasteiger charge is -2.39. The van der Waals surface area contributed by atoms with Crippen LogP contribution >= 0.6 is 22.7 Å². The number of carbonyl (C=O) groups is 2. The smallest absolute Gasteiger partial charge is 0.223 e. The molecule has 2 fully saturated rings. The molecule has 244 valence electrons. The van der Waals surface area contributed by atoms with E-state index < -0.39 is 0 Å². The number of rotatable bonds is 8. The zero-order chi connectivity index (χ0) is 32.5. The minimum atomic E-state index is 0.234. The first-order valence-corrected chi connectivity index (χ1v) is 18.0. The van der Waals surface area contributed by atoms with Crippen molar-refractivity contribution in [2.45, 2.75) is 65.5 Å². The summed E-state index contributed by atoms with van der Waals surface area (Å²) >= 11 is 3.32. The summed E-state index contributed by atoms with van der Waals surface area (Å²) in [5, 5.41) is 6.12. The van der Waals surface area contributed by atoms with E-state index in [2.05, 4.69) is 96.0 Å². The van der Waals surface area contributed by atoms with E-state index in [9.17, 15) is 9.59 Å². The molecule has 6 rings (SSSR count). The van der Waals surface area contributed by atoms with Gasteiger partial charge in [0.25, 0.3) is 0 Å². The molecule has 10 heteroatoms. The third-order valence-corrected chi connectivity index (χ3v) is 10.4. The molecule has 2 aliphatic rings. The highest BCUT2D eigenvalue weighted by atomic mass is 32.1. The maximum Gasteiger partial charge on any atom is 0.223 e. The molecule has 8 nitrogen and oxygen atoms in total. The van der Waals surface area contributed by atoms with Gasteiger partial charge in [-0.3, -0.25) is 9.59 Å². The van der Waals surface area contributed by atoms with Crippen molar-refractivity contribution < 1.29 is 9.59 Å². The van der Waals surface area contributed by atoms with Gasteiger partial charge in [0.2, 0.25) is 11.8 Å². The van der Waals surface area contributed by atoms with Crippen molar-refractivity contribution in [3.05, 3.63) is 93.9 Å². The average Bonchev–Trinajstić information content (AvgIpc) is 3.79. The quantitative estimate of drug-likeness (QED) is 0.223. The molecule has 2 saturated heterocycles. The maximum atomic E-state index is 12.6.